The molecule has 2 fully saturated rings. The van der Waals surface area contributed by atoms with E-state index in [0.717, 1.165) is 19.1 Å². The van der Waals surface area contributed by atoms with Gasteiger partial charge in [0.05, 0.1) is 13.0 Å². The van der Waals surface area contributed by atoms with Crippen molar-refractivity contribution in [2.24, 2.45) is 28.5 Å². The molecule has 556 valence electrons. The van der Waals surface area contributed by atoms with Crippen LogP contribution >= 0.6 is 23.5 Å². The van der Waals surface area contributed by atoms with Crippen molar-refractivity contribution >= 4 is 107 Å². The number of carboxylic acids is 2. The molecule has 4 aliphatic heterocycles. The fourth-order valence-corrected chi connectivity index (χ4v) is 14.1. The molecule has 4 heterocycles. The van der Waals surface area contributed by atoms with Crippen molar-refractivity contribution in [1.29, 1.82) is 0 Å². The highest BCUT2D eigenvalue weighted by atomic mass is 32.2. The lowest BCUT2D eigenvalue weighted by atomic mass is 10.00. The third-order valence-corrected chi connectivity index (χ3v) is 19.5. The van der Waals surface area contributed by atoms with Crippen molar-refractivity contribution < 1.29 is 87.2 Å². The molecule has 0 spiro atoms. The molecule has 0 aliphatic carbocycles. The number of ether oxygens (including phenoxy) is 1. The topological polar surface area (TPSA) is 468 Å². The Morgan fingerprint density at radius 3 is 1.73 bits per heavy atom. The zero-order valence-corrected chi connectivity index (χ0v) is 59.3. The molecule has 2 saturated heterocycles. The highest BCUT2D eigenvalue weighted by Crippen LogP contribution is 2.28. The molecule has 0 aromatic heterocycles. The number of fused-ring (bicyclic) bond motifs is 7. The lowest BCUT2D eigenvalue weighted by Crippen LogP contribution is -2.61. The molecule has 33 heteroatoms. The number of amides is 11. The second-order valence-electron chi connectivity index (χ2n) is 26.6. The molecular formula is C68H99N13O18S2. The van der Waals surface area contributed by atoms with Gasteiger partial charge in [-0.1, -0.05) is 51.0 Å². The van der Waals surface area contributed by atoms with Crippen molar-refractivity contribution in [1.82, 2.24) is 52.3 Å². The molecule has 15 N–H and O–H groups in total. The fourth-order valence-electron chi connectivity index (χ4n) is 12.2. The standard InChI is InChI=1S/C68H99N13O18S2/c1-39(2)27-48-62(91)74-50(33-58(86)87)64(93)77-51(28-40(3)4)67(96)80-23-11-14-54(80)66(95)76-49(32-41-16-18-44(82)19-17-41)63(92)73-47(20-21-57(84)85)61(90)78-52(59(70)88)37-100-35-42-29-43-31-45(30-42)98-25-9-5-6-10-26-99-71-34-56(83)72-46(13-7-8-22-69)60(89)79-53(38-101-36-43)68(97)81-24-12-15-55(81)65(94)75-48/h16-19,29-31,34,39-40,46-55,82H,5-15,20-28,32-33,35-38,69H2,1-4H3,(H2,70,88)(H,72,83)(H,73,92)(H,74,91)(H,75,94)(H,76,95)(H,77,93)(H,78,90)(H,79,89)(H,84,85)(H,86,87)/b71-34+/t46-,47-,48-,49-,50-,51-,52-,53-,54-,55-/m0/s1. The molecule has 2 aromatic carbocycles. The minimum absolute atomic E-state index is 0.0126. The molecule has 4 bridgehead atoms. The first-order valence-corrected chi connectivity index (χ1v) is 36.8. The van der Waals surface area contributed by atoms with Crippen molar-refractivity contribution in [3.05, 3.63) is 59.2 Å². The predicted octanol–water partition coefficient (Wildman–Crippen LogP) is 0.976. The molecule has 10 atom stereocenters. The third-order valence-electron chi connectivity index (χ3n) is 17.3. The first-order valence-electron chi connectivity index (χ1n) is 34.5. The summed E-state index contributed by atoms with van der Waals surface area (Å²) >= 11 is 2.46. The van der Waals surface area contributed by atoms with Gasteiger partial charge < -0.3 is 88.7 Å². The van der Waals surface area contributed by atoms with Crippen molar-refractivity contribution in [3.63, 3.8) is 0 Å². The second-order valence-corrected chi connectivity index (χ2v) is 28.6. The Kier molecular flexibility index (Phi) is 33.2. The van der Waals surface area contributed by atoms with Crippen LogP contribution in [0.15, 0.2) is 47.6 Å². The summed E-state index contributed by atoms with van der Waals surface area (Å²) in [5.74, 6) is -12.3. The number of benzene rings is 2. The van der Waals surface area contributed by atoms with Crippen LogP contribution in [-0.4, -0.2) is 213 Å². The van der Waals surface area contributed by atoms with Gasteiger partial charge in [-0.15, -0.1) is 0 Å². The van der Waals surface area contributed by atoms with E-state index >= 15 is 4.79 Å². The van der Waals surface area contributed by atoms with E-state index in [0.29, 0.717) is 67.7 Å². The van der Waals surface area contributed by atoms with Gasteiger partial charge in [-0.3, -0.25) is 62.3 Å². The number of carboxylic acid groups (broad SMARTS) is 2. The molecule has 2 aromatic rings. The highest BCUT2D eigenvalue weighted by Gasteiger charge is 2.43. The summed E-state index contributed by atoms with van der Waals surface area (Å²) in [6.45, 7) is 7.86. The number of phenols is 1. The van der Waals surface area contributed by atoms with Crippen LogP contribution in [0.3, 0.4) is 0 Å². The average molecular weight is 1450 g/mol. The van der Waals surface area contributed by atoms with E-state index in [9.17, 15) is 72.9 Å². The van der Waals surface area contributed by atoms with E-state index in [2.05, 4.69) is 47.7 Å². The summed E-state index contributed by atoms with van der Waals surface area (Å²) in [6, 6.07) is -3.06. The van der Waals surface area contributed by atoms with E-state index < -0.39 is 157 Å². The second kappa shape index (κ2) is 41.3. The number of aliphatic carboxylic acids is 2. The maximum absolute atomic E-state index is 15.2. The van der Waals surface area contributed by atoms with Gasteiger partial charge >= 0.3 is 11.9 Å². The van der Waals surface area contributed by atoms with Crippen LogP contribution in [0.4, 0.5) is 0 Å². The number of thioether (sulfide) groups is 2. The van der Waals surface area contributed by atoms with Gasteiger partial charge in [0.15, 0.2) is 0 Å². The third kappa shape index (κ3) is 27.0. The lowest BCUT2D eigenvalue weighted by Gasteiger charge is -2.32. The molecule has 6 rings (SSSR count). The van der Waals surface area contributed by atoms with Crippen LogP contribution < -0.4 is 58.7 Å². The molecule has 0 unspecified atom stereocenters. The largest absolute Gasteiger partial charge is 0.508 e. The Bertz CT molecular complexity index is 3250. The van der Waals surface area contributed by atoms with Crippen molar-refractivity contribution in [2.75, 3.05) is 44.4 Å². The smallest absolute Gasteiger partial charge is 0.305 e. The van der Waals surface area contributed by atoms with Gasteiger partial charge in [-0.05, 0) is 149 Å². The van der Waals surface area contributed by atoms with E-state index in [4.69, 9.17) is 21.0 Å². The van der Waals surface area contributed by atoms with Gasteiger partial charge in [0.2, 0.25) is 59.1 Å². The van der Waals surface area contributed by atoms with Crippen LogP contribution in [0.25, 0.3) is 0 Å². The van der Waals surface area contributed by atoms with Crippen molar-refractivity contribution in [3.8, 4) is 11.5 Å². The number of nitrogens with zero attached hydrogens (tertiary/aromatic N) is 3. The predicted molar refractivity (Wildman–Crippen MR) is 374 cm³/mol. The van der Waals surface area contributed by atoms with Gasteiger partial charge in [0, 0.05) is 48.9 Å². The molecule has 4 aliphatic rings. The van der Waals surface area contributed by atoms with Gasteiger partial charge in [0.25, 0.3) is 5.91 Å². The number of rotatable bonds is 16. The number of primary amides is 1. The van der Waals surface area contributed by atoms with Gasteiger partial charge in [-0.25, -0.2) is 0 Å². The minimum Gasteiger partial charge on any atom is -0.508 e. The Morgan fingerprint density at radius 2 is 1.12 bits per heavy atom. The normalized spacial score (nSPS) is 25.7. The first kappa shape index (κ1) is 81.2. The number of aromatic hydroxyl groups is 1. The summed E-state index contributed by atoms with van der Waals surface area (Å²) < 4.78 is 6.29. The first-order chi connectivity index (χ1) is 48.2. The van der Waals surface area contributed by atoms with E-state index in [1.165, 1.54) is 57.6 Å². The average Bonchev–Trinajstić information content (AvgIpc) is 1.75. The van der Waals surface area contributed by atoms with E-state index in [-0.39, 0.29) is 105 Å². The minimum atomic E-state index is -1.84. The highest BCUT2D eigenvalue weighted by molar-refractivity contribution is 7.98. The number of carbonyl (C=O) groups is 13. The number of hydrogen-bond acceptors (Lipinski definition) is 20. The zero-order chi connectivity index (χ0) is 73.7. The number of nitrogens with one attached hydrogen (secondary N) is 8. The SMILES string of the molecule is CC(C)C[C@@H]1NC(=O)[C@@H]2CCCN2C(=O)[C@@H]2CSCc3cc(cc(c3)OCCCCCCO/N=C/C(=O)N[C@@H](CCCCN)C(=O)N2)CSC[C@@H](C(N)=O)NC(=O)[C@H](CCC(=O)O)NC(=O)[C@H](Cc2ccc(O)cc2)NC(=O)[C@@H]2CCCN2C(=O)[C@H](CC(C)C)NC(=O)[C@H](CC(=O)O)NC1=O. The molecule has 0 saturated carbocycles. The maximum atomic E-state index is 15.2. The maximum Gasteiger partial charge on any atom is 0.305 e. The van der Waals surface area contributed by atoms with Gasteiger partial charge in [0.1, 0.15) is 84.7 Å². The monoisotopic (exact) mass is 1450 g/mol. The molecular weight excluding hydrogens is 1350 g/mol. The quantitative estimate of drug-likeness (QED) is 0.104. The Hall–Kier alpha value is -8.72. The number of unbranched alkanes of at least 4 members (excludes halogenated alkanes) is 1. The Labute approximate surface area is 595 Å². The summed E-state index contributed by atoms with van der Waals surface area (Å²) in [4.78, 5) is 191. The number of oxime groups is 1. The van der Waals surface area contributed by atoms with Crippen LogP contribution in [-0.2, 0) is 85.1 Å². The van der Waals surface area contributed by atoms with Gasteiger partial charge in [-0.2, -0.15) is 23.5 Å². The lowest BCUT2D eigenvalue weighted by molar-refractivity contribution is -0.144. The summed E-state index contributed by atoms with van der Waals surface area (Å²) in [7, 11) is 0. The van der Waals surface area contributed by atoms with E-state index in [1.54, 1.807) is 33.8 Å². The zero-order valence-electron chi connectivity index (χ0n) is 57.7. The number of carbonyl (C=O) groups excluding carboxylic acids is 11. The van der Waals surface area contributed by atoms with Crippen LogP contribution in [0.5, 0.6) is 11.5 Å². The molecule has 11 amide bonds. The molecule has 101 heavy (non-hydrogen) atoms. The molecule has 31 nitrogen and oxygen atoms in total. The Balaban J connectivity index is 1.42. The summed E-state index contributed by atoms with van der Waals surface area (Å²) in [5, 5.41) is 55.1. The Morgan fingerprint density at radius 1 is 0.584 bits per heavy atom. The van der Waals surface area contributed by atoms with Crippen LogP contribution in [0.1, 0.15) is 147 Å². The molecule has 0 radical (unpaired) electrons. The van der Waals surface area contributed by atoms with E-state index in [1.807, 2.05) is 12.1 Å². The fraction of sp³-hybridized carbons (Fsp3) is 0.618. The summed E-state index contributed by atoms with van der Waals surface area (Å²) in [5.41, 5.74) is 13.5. The number of hydrogen-bond donors (Lipinski definition) is 13. The number of phenolic OH excluding ortho intramolecular Hbond substituents is 1. The number of nitrogens with two attached hydrogens (primary N) is 2. The van der Waals surface area contributed by atoms with Crippen LogP contribution in [0.2, 0.25) is 0 Å². The van der Waals surface area contributed by atoms with Crippen molar-refractivity contribution in [2.45, 2.75) is 209 Å². The summed E-state index contributed by atoms with van der Waals surface area (Å²) in [6.07, 6.45) is 3.03. The van der Waals surface area contributed by atoms with Crippen LogP contribution in [0, 0.1) is 11.8 Å².